The van der Waals surface area contributed by atoms with Crippen LogP contribution in [-0.4, -0.2) is 46.4 Å². The molecule has 0 saturated carbocycles. The molecule has 0 spiro atoms. The summed E-state index contributed by atoms with van der Waals surface area (Å²) >= 11 is 0. The summed E-state index contributed by atoms with van der Waals surface area (Å²) in [7, 11) is 1.76. The first-order valence-electron chi connectivity index (χ1n) is 6.31. The Morgan fingerprint density at radius 1 is 1.67 bits per heavy atom. The minimum atomic E-state index is -0.1000. The average Bonchev–Trinajstić information content (AvgIpc) is 2.57. The molecule has 6 heteroatoms. The van der Waals surface area contributed by atoms with E-state index >= 15 is 0 Å². The predicted molar refractivity (Wildman–Crippen MR) is 68.2 cm³/mol. The molecule has 1 saturated heterocycles. The molecule has 2 N–H and O–H groups in total. The lowest BCUT2D eigenvalue weighted by molar-refractivity contribution is 0.0458. The summed E-state index contributed by atoms with van der Waals surface area (Å²) in [5.74, 6) is -0.1000. The molecule has 1 atom stereocenters. The van der Waals surface area contributed by atoms with Crippen molar-refractivity contribution in [1.29, 1.82) is 0 Å². The van der Waals surface area contributed by atoms with Crippen molar-refractivity contribution in [1.82, 2.24) is 14.7 Å². The number of anilines is 1. The zero-order chi connectivity index (χ0) is 13.1. The second-order valence-electron chi connectivity index (χ2n) is 4.61. The first-order valence-corrected chi connectivity index (χ1v) is 6.31. The number of aryl methyl sites for hydroxylation is 1. The molecule has 1 aliphatic rings. The lowest BCUT2D eigenvalue weighted by Crippen LogP contribution is -2.37. The highest BCUT2D eigenvalue weighted by Gasteiger charge is 2.25. The summed E-state index contributed by atoms with van der Waals surface area (Å²) in [6.07, 6.45) is 3.52. The van der Waals surface area contributed by atoms with Crippen molar-refractivity contribution in [3.63, 3.8) is 0 Å². The van der Waals surface area contributed by atoms with Crippen LogP contribution < -0.4 is 5.73 Å². The minimum Gasteiger partial charge on any atom is -0.396 e. The number of hydrogen-bond acceptors (Lipinski definition) is 4. The van der Waals surface area contributed by atoms with Crippen LogP contribution in [-0.2, 0) is 11.8 Å². The van der Waals surface area contributed by atoms with Crippen LogP contribution in [0.3, 0.4) is 0 Å². The molecule has 0 bridgehead atoms. The Balaban J connectivity index is 2.14. The van der Waals surface area contributed by atoms with Crippen molar-refractivity contribution in [2.45, 2.75) is 25.9 Å². The molecular formula is C12H20N4O2. The standard InChI is InChI=1S/C12H20N4O2/c1-3-9-7-16(5-4-6-18-9)12(17)11-10(13)8-15(2)14-11/h8-9H,3-7,13H2,1-2H3. The van der Waals surface area contributed by atoms with E-state index in [0.29, 0.717) is 31.1 Å². The molecular weight excluding hydrogens is 232 g/mol. The van der Waals surface area contributed by atoms with E-state index in [4.69, 9.17) is 10.5 Å². The zero-order valence-electron chi connectivity index (χ0n) is 10.9. The van der Waals surface area contributed by atoms with E-state index in [2.05, 4.69) is 12.0 Å². The average molecular weight is 252 g/mol. The summed E-state index contributed by atoms with van der Waals surface area (Å²) in [5, 5.41) is 4.13. The molecule has 1 aromatic heterocycles. The van der Waals surface area contributed by atoms with Gasteiger partial charge in [0.05, 0.1) is 11.8 Å². The second-order valence-corrected chi connectivity index (χ2v) is 4.61. The number of nitrogens with zero attached hydrogens (tertiary/aromatic N) is 3. The molecule has 1 amide bonds. The summed E-state index contributed by atoms with van der Waals surface area (Å²) in [6, 6.07) is 0. The molecule has 0 aromatic carbocycles. The Labute approximate surface area is 107 Å². The van der Waals surface area contributed by atoms with Gasteiger partial charge in [-0.25, -0.2) is 0 Å². The fourth-order valence-electron chi connectivity index (χ4n) is 2.15. The third-order valence-electron chi connectivity index (χ3n) is 3.15. The summed E-state index contributed by atoms with van der Waals surface area (Å²) in [4.78, 5) is 14.2. The molecule has 1 aliphatic heterocycles. The highest BCUT2D eigenvalue weighted by atomic mass is 16.5. The normalized spacial score (nSPS) is 20.8. The zero-order valence-corrected chi connectivity index (χ0v) is 10.9. The highest BCUT2D eigenvalue weighted by Crippen LogP contribution is 2.15. The molecule has 0 radical (unpaired) electrons. The largest absolute Gasteiger partial charge is 0.396 e. The number of nitrogen functional groups attached to an aromatic ring is 1. The molecule has 1 aromatic rings. The van der Waals surface area contributed by atoms with E-state index in [1.54, 1.807) is 22.8 Å². The van der Waals surface area contributed by atoms with Gasteiger partial charge in [-0.05, 0) is 12.8 Å². The quantitative estimate of drug-likeness (QED) is 0.838. The van der Waals surface area contributed by atoms with Gasteiger partial charge in [0.2, 0.25) is 0 Å². The van der Waals surface area contributed by atoms with E-state index in [1.165, 1.54) is 0 Å². The number of carbonyl (C=O) groups excluding carboxylic acids is 1. The van der Waals surface area contributed by atoms with Crippen LogP contribution >= 0.6 is 0 Å². The summed E-state index contributed by atoms with van der Waals surface area (Å²) < 4.78 is 7.22. The van der Waals surface area contributed by atoms with E-state index in [1.807, 2.05) is 0 Å². The van der Waals surface area contributed by atoms with Gasteiger partial charge >= 0.3 is 0 Å². The van der Waals surface area contributed by atoms with E-state index in [9.17, 15) is 4.79 Å². The first-order chi connectivity index (χ1) is 8.61. The lowest BCUT2D eigenvalue weighted by atomic mass is 10.2. The van der Waals surface area contributed by atoms with Crippen molar-refractivity contribution < 1.29 is 9.53 Å². The molecule has 2 rings (SSSR count). The summed E-state index contributed by atoms with van der Waals surface area (Å²) in [5.41, 5.74) is 6.57. The SMILES string of the molecule is CCC1CN(C(=O)c2nn(C)cc2N)CCCO1. The number of amides is 1. The number of nitrogens with two attached hydrogens (primary N) is 1. The van der Waals surface area contributed by atoms with Crippen LogP contribution in [0.4, 0.5) is 5.69 Å². The third-order valence-corrected chi connectivity index (χ3v) is 3.15. The van der Waals surface area contributed by atoms with E-state index in [-0.39, 0.29) is 12.0 Å². The maximum Gasteiger partial charge on any atom is 0.276 e. The number of rotatable bonds is 2. The van der Waals surface area contributed by atoms with Gasteiger partial charge in [-0.3, -0.25) is 9.48 Å². The minimum absolute atomic E-state index is 0.1000. The Morgan fingerprint density at radius 3 is 3.06 bits per heavy atom. The fraction of sp³-hybridized carbons (Fsp3) is 0.667. The van der Waals surface area contributed by atoms with Gasteiger partial charge in [0.25, 0.3) is 5.91 Å². The van der Waals surface area contributed by atoms with Crippen molar-refractivity contribution in [3.8, 4) is 0 Å². The maximum absolute atomic E-state index is 12.4. The number of carbonyl (C=O) groups is 1. The van der Waals surface area contributed by atoms with Gasteiger partial charge in [0.15, 0.2) is 5.69 Å². The molecule has 1 unspecified atom stereocenters. The number of aromatic nitrogens is 2. The molecule has 100 valence electrons. The van der Waals surface area contributed by atoms with Crippen LogP contribution in [0.1, 0.15) is 30.3 Å². The van der Waals surface area contributed by atoms with Gasteiger partial charge in [-0.15, -0.1) is 0 Å². The molecule has 0 aliphatic carbocycles. The maximum atomic E-state index is 12.4. The second kappa shape index (κ2) is 5.39. The van der Waals surface area contributed by atoms with Gasteiger partial charge < -0.3 is 15.4 Å². The van der Waals surface area contributed by atoms with Gasteiger partial charge in [0.1, 0.15) is 0 Å². The number of hydrogen-bond donors (Lipinski definition) is 1. The summed E-state index contributed by atoms with van der Waals surface area (Å²) in [6.45, 7) is 4.09. The van der Waals surface area contributed by atoms with Crippen LogP contribution in [0.25, 0.3) is 0 Å². The smallest absolute Gasteiger partial charge is 0.276 e. The molecule has 18 heavy (non-hydrogen) atoms. The van der Waals surface area contributed by atoms with E-state index < -0.39 is 0 Å². The van der Waals surface area contributed by atoms with Crippen molar-refractivity contribution >= 4 is 11.6 Å². The highest BCUT2D eigenvalue weighted by molar-refractivity contribution is 5.97. The Kier molecular flexibility index (Phi) is 3.86. The van der Waals surface area contributed by atoms with Gasteiger partial charge in [-0.2, -0.15) is 5.10 Å². The van der Waals surface area contributed by atoms with Gasteiger partial charge in [-0.1, -0.05) is 6.92 Å². The predicted octanol–water partition coefficient (Wildman–Crippen LogP) is 0.643. The number of ether oxygens (including phenoxy) is 1. The van der Waals surface area contributed by atoms with Crippen LogP contribution in [0, 0.1) is 0 Å². The fourth-order valence-corrected chi connectivity index (χ4v) is 2.15. The third kappa shape index (κ3) is 2.64. The van der Waals surface area contributed by atoms with E-state index in [0.717, 1.165) is 12.8 Å². The van der Waals surface area contributed by atoms with Gasteiger partial charge in [0, 0.05) is 32.9 Å². The molecule has 1 fully saturated rings. The Morgan fingerprint density at radius 2 is 2.44 bits per heavy atom. The van der Waals surface area contributed by atoms with Crippen molar-refractivity contribution in [2.75, 3.05) is 25.4 Å². The molecule has 2 heterocycles. The monoisotopic (exact) mass is 252 g/mol. The lowest BCUT2D eigenvalue weighted by Gasteiger charge is -2.22. The first kappa shape index (κ1) is 12.9. The Hall–Kier alpha value is -1.56. The topological polar surface area (TPSA) is 73.4 Å². The van der Waals surface area contributed by atoms with Crippen LogP contribution in [0.5, 0.6) is 0 Å². The molecule has 6 nitrogen and oxygen atoms in total. The van der Waals surface area contributed by atoms with Crippen LogP contribution in [0.2, 0.25) is 0 Å². The Bertz CT molecular complexity index is 430. The van der Waals surface area contributed by atoms with Crippen molar-refractivity contribution in [2.24, 2.45) is 7.05 Å². The van der Waals surface area contributed by atoms with Crippen LogP contribution in [0.15, 0.2) is 6.20 Å². The van der Waals surface area contributed by atoms with Crippen molar-refractivity contribution in [3.05, 3.63) is 11.9 Å².